The standard InChI is InChI=1S/C18H12.CHN/c1-2-8-14-13(7-1)15-9-3-4-11-17(15)18-12-6-5-10-16(14)18;1-2/h1-12H;1H. The Balaban J connectivity index is 0.000000581. The normalized spacial score (nSPS) is 10.3. The van der Waals surface area contributed by atoms with Crippen LogP contribution in [0.3, 0.4) is 0 Å². The first kappa shape index (κ1) is 12.2. The summed E-state index contributed by atoms with van der Waals surface area (Å²) in [5, 5.41) is 14.5. The summed E-state index contributed by atoms with van der Waals surface area (Å²) in [5.41, 5.74) is 0. The summed E-state index contributed by atoms with van der Waals surface area (Å²) in [6.07, 6.45) is 0. The van der Waals surface area contributed by atoms with Gasteiger partial charge in [-0.2, -0.15) is 0 Å². The molecule has 0 aromatic heterocycles. The summed E-state index contributed by atoms with van der Waals surface area (Å²) >= 11 is 0. The Morgan fingerprint density at radius 2 is 0.550 bits per heavy atom. The Kier molecular flexibility index (Phi) is 3.07. The lowest BCUT2D eigenvalue weighted by Gasteiger charge is -2.09. The van der Waals surface area contributed by atoms with Crippen molar-refractivity contribution >= 4 is 32.3 Å². The number of fused-ring (bicyclic) bond motifs is 6. The second-order valence-corrected chi connectivity index (χ2v) is 4.64. The second-order valence-electron chi connectivity index (χ2n) is 4.64. The predicted octanol–water partition coefficient (Wildman–Crippen LogP) is 5.29. The molecule has 4 rings (SSSR count). The van der Waals surface area contributed by atoms with E-state index in [9.17, 15) is 0 Å². The molecule has 0 radical (unpaired) electrons. The average molecular weight is 255 g/mol. The van der Waals surface area contributed by atoms with E-state index in [0.717, 1.165) is 0 Å². The fourth-order valence-corrected chi connectivity index (χ4v) is 2.86. The molecule has 0 aliphatic heterocycles. The molecule has 0 bridgehead atoms. The first-order valence-electron chi connectivity index (χ1n) is 6.49. The lowest BCUT2D eigenvalue weighted by Crippen LogP contribution is -1.81. The molecule has 4 aromatic rings. The summed E-state index contributed by atoms with van der Waals surface area (Å²) in [6.45, 7) is 3.50. The number of rotatable bonds is 0. The molecule has 94 valence electrons. The zero-order valence-electron chi connectivity index (χ0n) is 11.0. The van der Waals surface area contributed by atoms with Gasteiger partial charge in [0, 0.05) is 6.57 Å². The fourth-order valence-electron chi connectivity index (χ4n) is 2.86. The Labute approximate surface area is 117 Å². The van der Waals surface area contributed by atoms with Crippen LogP contribution >= 0.6 is 0 Å². The number of nitrogens with zero attached hydrogens (tertiary/aromatic N) is 1. The molecule has 0 N–H and O–H groups in total. The molecule has 4 aromatic carbocycles. The molecule has 0 saturated heterocycles. The van der Waals surface area contributed by atoms with E-state index in [1.165, 1.54) is 32.3 Å². The van der Waals surface area contributed by atoms with Crippen LogP contribution < -0.4 is 0 Å². The van der Waals surface area contributed by atoms with E-state index >= 15 is 0 Å². The van der Waals surface area contributed by atoms with Crippen molar-refractivity contribution in [3.63, 3.8) is 0 Å². The molecule has 0 fully saturated rings. The summed E-state index contributed by atoms with van der Waals surface area (Å²) < 4.78 is 0. The molecule has 0 aliphatic carbocycles. The van der Waals surface area contributed by atoms with Crippen molar-refractivity contribution in [1.82, 2.24) is 0 Å². The van der Waals surface area contributed by atoms with Crippen molar-refractivity contribution < 1.29 is 0 Å². The van der Waals surface area contributed by atoms with E-state index in [2.05, 4.69) is 79.4 Å². The third-order valence-electron chi connectivity index (χ3n) is 3.65. The average Bonchev–Trinajstić information content (AvgIpc) is 2.57. The quantitative estimate of drug-likeness (QED) is 0.392. The first-order valence-corrected chi connectivity index (χ1v) is 6.49. The van der Waals surface area contributed by atoms with Gasteiger partial charge in [0.2, 0.25) is 0 Å². The van der Waals surface area contributed by atoms with Gasteiger partial charge >= 0.3 is 0 Å². The van der Waals surface area contributed by atoms with Crippen LogP contribution in [0.4, 0.5) is 0 Å². The van der Waals surface area contributed by atoms with Crippen molar-refractivity contribution in [3.05, 3.63) is 72.8 Å². The topological polar surface area (TPSA) is 23.8 Å². The highest BCUT2D eigenvalue weighted by Gasteiger charge is 2.06. The van der Waals surface area contributed by atoms with Crippen LogP contribution in [0.25, 0.3) is 32.3 Å². The van der Waals surface area contributed by atoms with Gasteiger partial charge in [-0.1, -0.05) is 72.8 Å². The third-order valence-corrected chi connectivity index (χ3v) is 3.65. The van der Waals surface area contributed by atoms with Gasteiger partial charge in [0.05, 0.1) is 0 Å². The number of hydrogen-bond acceptors (Lipinski definition) is 1. The van der Waals surface area contributed by atoms with Crippen molar-refractivity contribution in [2.24, 2.45) is 0 Å². The Morgan fingerprint density at radius 1 is 0.400 bits per heavy atom. The van der Waals surface area contributed by atoms with Gasteiger partial charge in [0.1, 0.15) is 0 Å². The van der Waals surface area contributed by atoms with Crippen LogP contribution in [0.5, 0.6) is 0 Å². The zero-order chi connectivity index (χ0) is 13.9. The van der Waals surface area contributed by atoms with E-state index in [4.69, 9.17) is 5.26 Å². The van der Waals surface area contributed by atoms with Crippen molar-refractivity contribution in [2.45, 2.75) is 0 Å². The Hall–Kier alpha value is -2.85. The maximum Gasteiger partial charge on any atom is 0.0462 e. The molecule has 0 heterocycles. The van der Waals surface area contributed by atoms with Crippen LogP contribution in [0.15, 0.2) is 72.8 Å². The highest BCUT2D eigenvalue weighted by atomic mass is 14.2. The molecule has 0 unspecified atom stereocenters. The molecule has 20 heavy (non-hydrogen) atoms. The highest BCUT2D eigenvalue weighted by Crippen LogP contribution is 2.34. The summed E-state index contributed by atoms with van der Waals surface area (Å²) in [5.74, 6) is 0. The van der Waals surface area contributed by atoms with Crippen LogP contribution in [0.1, 0.15) is 0 Å². The predicted molar refractivity (Wildman–Crippen MR) is 85.6 cm³/mol. The van der Waals surface area contributed by atoms with E-state index in [0.29, 0.717) is 0 Å². The Morgan fingerprint density at radius 3 is 0.700 bits per heavy atom. The monoisotopic (exact) mass is 255 g/mol. The van der Waals surface area contributed by atoms with E-state index < -0.39 is 0 Å². The molecule has 0 amide bonds. The minimum atomic E-state index is 1.34. The van der Waals surface area contributed by atoms with Gasteiger partial charge < -0.3 is 0 Å². The zero-order valence-corrected chi connectivity index (χ0v) is 11.0. The van der Waals surface area contributed by atoms with Gasteiger partial charge in [-0.05, 0) is 32.3 Å². The highest BCUT2D eigenvalue weighted by molar-refractivity contribution is 6.25. The Bertz CT molecular complexity index is 699. The van der Waals surface area contributed by atoms with E-state index in [1.807, 2.05) is 0 Å². The minimum absolute atomic E-state index is 1.34. The van der Waals surface area contributed by atoms with Crippen molar-refractivity contribution in [2.75, 3.05) is 0 Å². The second kappa shape index (κ2) is 5.03. The van der Waals surface area contributed by atoms with Gasteiger partial charge in [-0.25, -0.2) is 5.26 Å². The number of nitriles is 1. The van der Waals surface area contributed by atoms with Gasteiger partial charge in [-0.3, -0.25) is 0 Å². The molecule has 1 heteroatoms. The third kappa shape index (κ3) is 1.71. The lowest BCUT2D eigenvalue weighted by atomic mass is 9.95. The summed E-state index contributed by atoms with van der Waals surface area (Å²) in [7, 11) is 0. The maximum atomic E-state index is 6.50. The van der Waals surface area contributed by atoms with Crippen molar-refractivity contribution in [1.29, 1.82) is 5.26 Å². The largest absolute Gasteiger partial charge is 0.202 e. The first-order chi connectivity index (χ1) is 9.95. The molecule has 0 spiro atoms. The SMILES string of the molecule is C#N.c1ccc2c(c1)c1ccccc1c1ccccc21. The molecular formula is C19H13N. The number of hydrogen-bond donors (Lipinski definition) is 0. The van der Waals surface area contributed by atoms with E-state index in [-0.39, 0.29) is 0 Å². The van der Waals surface area contributed by atoms with Crippen LogP contribution in [-0.2, 0) is 0 Å². The fraction of sp³-hybridized carbons (Fsp3) is 0. The molecule has 1 nitrogen and oxygen atoms in total. The molecular weight excluding hydrogens is 242 g/mol. The summed E-state index contributed by atoms with van der Waals surface area (Å²) in [6, 6.07) is 26.0. The van der Waals surface area contributed by atoms with Gasteiger partial charge in [0.15, 0.2) is 0 Å². The minimum Gasteiger partial charge on any atom is -0.202 e. The van der Waals surface area contributed by atoms with Crippen molar-refractivity contribution in [3.8, 4) is 6.57 Å². The lowest BCUT2D eigenvalue weighted by molar-refractivity contribution is 1.58. The molecule has 0 aliphatic rings. The molecule has 0 atom stereocenters. The van der Waals surface area contributed by atoms with E-state index in [1.54, 1.807) is 0 Å². The van der Waals surface area contributed by atoms with Gasteiger partial charge in [-0.15, -0.1) is 0 Å². The smallest absolute Gasteiger partial charge is 0.0462 e. The maximum absolute atomic E-state index is 6.50. The van der Waals surface area contributed by atoms with Crippen LogP contribution in [-0.4, -0.2) is 0 Å². The molecule has 0 saturated carbocycles. The number of benzene rings is 4. The van der Waals surface area contributed by atoms with Crippen LogP contribution in [0.2, 0.25) is 0 Å². The van der Waals surface area contributed by atoms with Crippen LogP contribution in [0, 0.1) is 11.8 Å². The summed E-state index contributed by atoms with van der Waals surface area (Å²) in [4.78, 5) is 0. The van der Waals surface area contributed by atoms with Gasteiger partial charge in [0.25, 0.3) is 0 Å².